The van der Waals surface area contributed by atoms with Crippen LogP contribution >= 0.6 is 22.9 Å². The first kappa shape index (κ1) is 16.5. The van der Waals surface area contributed by atoms with Gasteiger partial charge in [0.1, 0.15) is 5.01 Å². The normalized spacial score (nSPS) is 11.8. The van der Waals surface area contributed by atoms with Gasteiger partial charge in [0.25, 0.3) is 5.91 Å². The third-order valence-electron chi connectivity index (χ3n) is 2.79. The maximum absolute atomic E-state index is 12.0. The number of nitrogens with zero attached hydrogens (tertiary/aromatic N) is 1. The molecule has 0 saturated carbocycles. The third-order valence-corrected chi connectivity index (χ3v) is 3.92. The van der Waals surface area contributed by atoms with Crippen LogP contribution in [0.1, 0.15) is 24.3 Å². The predicted octanol–water partition coefficient (Wildman–Crippen LogP) is 3.14. The number of aromatic nitrogens is 1. The Morgan fingerprint density at radius 1 is 1.45 bits per heavy atom. The highest BCUT2D eigenvalue weighted by molar-refractivity contribution is 7.13. The van der Waals surface area contributed by atoms with Crippen LogP contribution in [0.25, 0.3) is 10.6 Å². The molecule has 1 atom stereocenters. The number of hydrogen-bond donors (Lipinski definition) is 1. The van der Waals surface area contributed by atoms with Crippen LogP contribution in [0, 0.1) is 0 Å². The highest BCUT2D eigenvalue weighted by Crippen LogP contribution is 2.26. The van der Waals surface area contributed by atoms with Crippen LogP contribution in [0.2, 0.25) is 5.02 Å². The van der Waals surface area contributed by atoms with E-state index in [-0.39, 0.29) is 11.6 Å². The van der Waals surface area contributed by atoms with Gasteiger partial charge in [-0.1, -0.05) is 23.7 Å². The van der Waals surface area contributed by atoms with Crippen molar-refractivity contribution in [3.05, 3.63) is 40.4 Å². The van der Waals surface area contributed by atoms with Gasteiger partial charge in [0, 0.05) is 22.5 Å². The molecule has 116 valence electrons. The van der Waals surface area contributed by atoms with Crippen molar-refractivity contribution in [3.8, 4) is 10.6 Å². The second kappa shape index (κ2) is 7.38. The molecule has 1 N–H and O–H groups in total. The van der Waals surface area contributed by atoms with Gasteiger partial charge in [-0.15, -0.1) is 11.3 Å². The summed E-state index contributed by atoms with van der Waals surface area (Å²) >= 11 is 7.25. The molecule has 0 saturated heterocycles. The van der Waals surface area contributed by atoms with Gasteiger partial charge < -0.3 is 10.1 Å². The molecule has 22 heavy (non-hydrogen) atoms. The number of amides is 1. The molecular weight excluding hydrogens is 324 g/mol. The second-order valence-electron chi connectivity index (χ2n) is 4.49. The number of halogens is 1. The number of carbonyl (C=O) groups excluding carboxylic acids is 2. The number of thiazole rings is 1. The first-order valence-electron chi connectivity index (χ1n) is 6.71. The second-order valence-corrected chi connectivity index (χ2v) is 5.78. The van der Waals surface area contributed by atoms with E-state index in [2.05, 4.69) is 10.3 Å². The molecule has 1 aromatic carbocycles. The van der Waals surface area contributed by atoms with Gasteiger partial charge in [0.15, 0.2) is 11.8 Å². The third kappa shape index (κ3) is 4.05. The van der Waals surface area contributed by atoms with Crippen molar-refractivity contribution < 1.29 is 14.3 Å². The number of nitrogens with one attached hydrogen (secondary N) is 1. The fraction of sp³-hybridized carbons (Fsp3) is 0.267. The maximum Gasteiger partial charge on any atom is 0.358 e. The van der Waals surface area contributed by atoms with E-state index in [9.17, 15) is 9.59 Å². The van der Waals surface area contributed by atoms with Crippen molar-refractivity contribution in [2.75, 3.05) is 6.54 Å². The lowest BCUT2D eigenvalue weighted by Gasteiger charge is -2.11. The summed E-state index contributed by atoms with van der Waals surface area (Å²) in [5.74, 6) is -0.954. The average Bonchev–Trinajstić information content (AvgIpc) is 2.97. The summed E-state index contributed by atoms with van der Waals surface area (Å²) in [7, 11) is 0. The zero-order chi connectivity index (χ0) is 16.1. The summed E-state index contributed by atoms with van der Waals surface area (Å²) in [4.78, 5) is 27.8. The zero-order valence-electron chi connectivity index (χ0n) is 12.1. The number of hydrogen-bond acceptors (Lipinski definition) is 5. The van der Waals surface area contributed by atoms with Crippen molar-refractivity contribution in [2.45, 2.75) is 20.0 Å². The van der Waals surface area contributed by atoms with Crippen LogP contribution in [0.3, 0.4) is 0 Å². The number of rotatable bonds is 5. The molecule has 0 aliphatic rings. The molecule has 0 spiro atoms. The van der Waals surface area contributed by atoms with Crippen molar-refractivity contribution in [2.24, 2.45) is 0 Å². The lowest BCUT2D eigenvalue weighted by molar-refractivity contribution is -0.128. The van der Waals surface area contributed by atoms with Crippen LogP contribution in [0.4, 0.5) is 0 Å². The van der Waals surface area contributed by atoms with E-state index in [1.165, 1.54) is 18.3 Å². The molecule has 2 aromatic rings. The molecule has 0 fully saturated rings. The predicted molar refractivity (Wildman–Crippen MR) is 86.1 cm³/mol. The van der Waals surface area contributed by atoms with Crippen LogP contribution in [0.5, 0.6) is 0 Å². The van der Waals surface area contributed by atoms with Crippen LogP contribution in [-0.2, 0) is 9.53 Å². The number of benzene rings is 1. The van der Waals surface area contributed by atoms with Gasteiger partial charge in [-0.3, -0.25) is 4.79 Å². The number of esters is 1. The molecule has 5 nitrogen and oxygen atoms in total. The van der Waals surface area contributed by atoms with Gasteiger partial charge >= 0.3 is 5.97 Å². The first-order valence-corrected chi connectivity index (χ1v) is 7.97. The van der Waals surface area contributed by atoms with Gasteiger partial charge in [0.05, 0.1) is 0 Å². The Balaban J connectivity index is 2.08. The minimum absolute atomic E-state index is 0.177. The Labute approximate surface area is 137 Å². The fourth-order valence-electron chi connectivity index (χ4n) is 1.71. The molecule has 0 bridgehead atoms. The summed E-state index contributed by atoms with van der Waals surface area (Å²) < 4.78 is 5.09. The zero-order valence-corrected chi connectivity index (χ0v) is 13.7. The largest absolute Gasteiger partial charge is 0.448 e. The van der Waals surface area contributed by atoms with E-state index in [0.29, 0.717) is 16.6 Å². The molecule has 1 aromatic heterocycles. The van der Waals surface area contributed by atoms with E-state index in [1.54, 1.807) is 24.4 Å². The summed E-state index contributed by atoms with van der Waals surface area (Å²) in [5.41, 5.74) is 1.00. The number of ether oxygens (including phenoxy) is 1. The summed E-state index contributed by atoms with van der Waals surface area (Å²) in [6.07, 6.45) is -0.858. The van der Waals surface area contributed by atoms with E-state index in [0.717, 1.165) is 5.56 Å². The van der Waals surface area contributed by atoms with Crippen molar-refractivity contribution >= 4 is 34.8 Å². The van der Waals surface area contributed by atoms with Gasteiger partial charge in [-0.05, 0) is 26.0 Å². The van der Waals surface area contributed by atoms with Gasteiger partial charge in [-0.2, -0.15) is 0 Å². The van der Waals surface area contributed by atoms with E-state index < -0.39 is 12.1 Å². The highest BCUT2D eigenvalue weighted by Gasteiger charge is 2.20. The Kier molecular flexibility index (Phi) is 5.51. The molecule has 0 unspecified atom stereocenters. The summed E-state index contributed by atoms with van der Waals surface area (Å²) in [6, 6.07) is 7.21. The minimum atomic E-state index is -0.858. The Hall–Kier alpha value is -1.92. The van der Waals surface area contributed by atoms with E-state index in [1.807, 2.05) is 12.1 Å². The maximum atomic E-state index is 12.0. The molecule has 7 heteroatoms. The topological polar surface area (TPSA) is 68.3 Å². The highest BCUT2D eigenvalue weighted by atomic mass is 35.5. The molecule has 0 radical (unpaired) electrons. The lowest BCUT2D eigenvalue weighted by Crippen LogP contribution is -2.35. The van der Waals surface area contributed by atoms with E-state index in [4.69, 9.17) is 16.3 Å². The molecular formula is C15H15ClN2O3S. The standard InChI is InChI=1S/C15H15ClN2O3S/c1-3-17-13(19)9(2)21-15(20)12-8-22-14(18-12)10-5-4-6-11(16)7-10/h4-9H,3H2,1-2H3,(H,17,19)/t9-/m0/s1. The molecule has 1 amide bonds. The van der Waals surface area contributed by atoms with Crippen molar-refractivity contribution in [1.82, 2.24) is 10.3 Å². The molecule has 0 aliphatic heterocycles. The van der Waals surface area contributed by atoms with Crippen molar-refractivity contribution in [3.63, 3.8) is 0 Å². The monoisotopic (exact) mass is 338 g/mol. The number of carbonyl (C=O) groups is 2. The Morgan fingerprint density at radius 3 is 2.91 bits per heavy atom. The number of likely N-dealkylation sites (N-methyl/N-ethyl adjacent to an activating group) is 1. The van der Waals surface area contributed by atoms with Gasteiger partial charge in [-0.25, -0.2) is 9.78 Å². The average molecular weight is 339 g/mol. The fourth-order valence-corrected chi connectivity index (χ4v) is 2.69. The van der Waals surface area contributed by atoms with Crippen LogP contribution < -0.4 is 5.32 Å². The quantitative estimate of drug-likeness (QED) is 0.850. The van der Waals surface area contributed by atoms with Crippen LogP contribution in [0.15, 0.2) is 29.6 Å². The molecule has 1 heterocycles. The SMILES string of the molecule is CCNC(=O)[C@H](C)OC(=O)c1csc(-c2cccc(Cl)c2)n1. The van der Waals surface area contributed by atoms with Crippen molar-refractivity contribution in [1.29, 1.82) is 0 Å². The lowest BCUT2D eigenvalue weighted by atomic mass is 10.2. The molecule has 0 aliphatic carbocycles. The Bertz CT molecular complexity index is 687. The van der Waals surface area contributed by atoms with E-state index >= 15 is 0 Å². The summed E-state index contributed by atoms with van der Waals surface area (Å²) in [6.45, 7) is 3.80. The molecule has 2 rings (SSSR count). The summed E-state index contributed by atoms with van der Waals surface area (Å²) in [5, 5.41) is 5.46. The van der Waals surface area contributed by atoms with Crippen LogP contribution in [-0.4, -0.2) is 29.5 Å². The first-order chi connectivity index (χ1) is 10.5. The Morgan fingerprint density at radius 2 is 2.23 bits per heavy atom. The van der Waals surface area contributed by atoms with Gasteiger partial charge in [0.2, 0.25) is 0 Å². The minimum Gasteiger partial charge on any atom is -0.448 e. The smallest absolute Gasteiger partial charge is 0.358 e.